The Bertz CT molecular complexity index is 1150. The van der Waals surface area contributed by atoms with E-state index in [9.17, 15) is 19.7 Å². The molecule has 2 N–H and O–H groups in total. The Morgan fingerprint density at radius 2 is 1.87 bits per heavy atom. The second-order valence-electron chi connectivity index (χ2n) is 6.48. The molecule has 0 bridgehead atoms. The summed E-state index contributed by atoms with van der Waals surface area (Å²) in [6.07, 6.45) is 1.23. The van der Waals surface area contributed by atoms with Crippen molar-refractivity contribution in [2.24, 2.45) is 5.10 Å². The predicted molar refractivity (Wildman–Crippen MR) is 111 cm³/mol. The van der Waals surface area contributed by atoms with E-state index in [1.807, 2.05) is 26.0 Å². The molecule has 0 fully saturated rings. The van der Waals surface area contributed by atoms with Gasteiger partial charge in [-0.05, 0) is 43.2 Å². The lowest BCUT2D eigenvalue weighted by molar-refractivity contribution is -0.384. The summed E-state index contributed by atoms with van der Waals surface area (Å²) in [4.78, 5) is 34.3. The molecule has 0 saturated heterocycles. The monoisotopic (exact) mass is 406 g/mol. The number of nitro benzene ring substituents is 1. The first-order chi connectivity index (χ1) is 14.3. The van der Waals surface area contributed by atoms with Gasteiger partial charge in [-0.25, -0.2) is 5.43 Å². The third-order valence-electron chi connectivity index (χ3n) is 4.17. The molecule has 1 heterocycles. The molecule has 2 amide bonds. The quantitative estimate of drug-likeness (QED) is 0.290. The molecule has 9 heteroatoms. The zero-order valence-corrected chi connectivity index (χ0v) is 16.2. The van der Waals surface area contributed by atoms with Crippen LogP contribution in [0.4, 0.5) is 11.4 Å². The van der Waals surface area contributed by atoms with Gasteiger partial charge in [-0.3, -0.25) is 19.7 Å². The third-order valence-corrected chi connectivity index (χ3v) is 4.17. The zero-order valence-electron chi connectivity index (χ0n) is 16.2. The number of hydrogen-bond acceptors (Lipinski definition) is 6. The highest BCUT2D eigenvalue weighted by Gasteiger charge is 2.14. The number of non-ortho nitro benzene ring substituents is 1. The number of aryl methyl sites for hydroxylation is 2. The standard InChI is InChI=1S/C21H18N4O5/c1-13-6-7-14(2)18(10-13)23-20(26)21(27)24-22-12-17-8-9-19(30-17)15-4-3-5-16(11-15)25(28)29/h3-12H,1-2H3,(H,23,26)(H,24,27). The largest absolute Gasteiger partial charge is 0.455 e. The second kappa shape index (κ2) is 8.82. The van der Waals surface area contributed by atoms with Crippen molar-refractivity contribution < 1.29 is 18.9 Å². The summed E-state index contributed by atoms with van der Waals surface area (Å²) in [6, 6.07) is 14.7. The fraction of sp³-hybridized carbons (Fsp3) is 0.0952. The first kappa shape index (κ1) is 20.5. The Kier molecular flexibility index (Phi) is 6.02. The third kappa shape index (κ3) is 4.96. The highest BCUT2D eigenvalue weighted by molar-refractivity contribution is 6.39. The molecule has 0 aliphatic heterocycles. The van der Waals surface area contributed by atoms with Crippen molar-refractivity contribution >= 4 is 29.4 Å². The van der Waals surface area contributed by atoms with Crippen molar-refractivity contribution in [1.82, 2.24) is 5.43 Å². The van der Waals surface area contributed by atoms with Crippen molar-refractivity contribution in [3.8, 4) is 11.3 Å². The number of nitro groups is 1. The molecule has 152 valence electrons. The first-order valence-corrected chi connectivity index (χ1v) is 8.90. The predicted octanol–water partition coefficient (Wildman–Crippen LogP) is 3.56. The average Bonchev–Trinajstić information content (AvgIpc) is 3.19. The van der Waals surface area contributed by atoms with Crippen LogP contribution in [0, 0.1) is 24.0 Å². The van der Waals surface area contributed by atoms with Crippen LogP contribution in [0.2, 0.25) is 0 Å². The van der Waals surface area contributed by atoms with Crippen LogP contribution in [-0.2, 0) is 9.59 Å². The van der Waals surface area contributed by atoms with E-state index in [4.69, 9.17) is 4.42 Å². The van der Waals surface area contributed by atoms with Gasteiger partial charge in [0, 0.05) is 23.4 Å². The maximum Gasteiger partial charge on any atom is 0.329 e. The van der Waals surface area contributed by atoms with E-state index in [2.05, 4.69) is 15.8 Å². The summed E-state index contributed by atoms with van der Waals surface area (Å²) in [5.41, 5.74) is 4.93. The minimum Gasteiger partial charge on any atom is -0.455 e. The van der Waals surface area contributed by atoms with Crippen molar-refractivity contribution in [3.05, 3.63) is 81.6 Å². The van der Waals surface area contributed by atoms with Gasteiger partial charge in [0.25, 0.3) is 5.69 Å². The lowest BCUT2D eigenvalue weighted by Crippen LogP contribution is -2.32. The molecular formula is C21H18N4O5. The van der Waals surface area contributed by atoms with Crippen molar-refractivity contribution in [1.29, 1.82) is 0 Å². The van der Waals surface area contributed by atoms with Gasteiger partial charge < -0.3 is 9.73 Å². The number of nitrogens with one attached hydrogen (secondary N) is 2. The summed E-state index contributed by atoms with van der Waals surface area (Å²) in [6.45, 7) is 3.70. The Labute approximate surface area is 171 Å². The molecule has 0 radical (unpaired) electrons. The van der Waals surface area contributed by atoms with Gasteiger partial charge >= 0.3 is 11.8 Å². The molecule has 0 aliphatic rings. The minimum atomic E-state index is -0.933. The fourth-order valence-electron chi connectivity index (χ4n) is 2.60. The van der Waals surface area contributed by atoms with E-state index in [1.54, 1.807) is 30.3 Å². The molecule has 0 atom stereocenters. The molecule has 9 nitrogen and oxygen atoms in total. The molecule has 0 aliphatic carbocycles. The van der Waals surface area contributed by atoms with E-state index < -0.39 is 16.7 Å². The maximum atomic E-state index is 12.0. The van der Waals surface area contributed by atoms with Gasteiger partial charge in [0.05, 0.1) is 11.1 Å². The summed E-state index contributed by atoms with van der Waals surface area (Å²) in [7, 11) is 0. The fourth-order valence-corrected chi connectivity index (χ4v) is 2.60. The Balaban J connectivity index is 1.61. The van der Waals surface area contributed by atoms with Crippen LogP contribution in [0.25, 0.3) is 11.3 Å². The van der Waals surface area contributed by atoms with Crippen molar-refractivity contribution in [2.45, 2.75) is 13.8 Å². The maximum absolute atomic E-state index is 12.0. The van der Waals surface area contributed by atoms with Gasteiger partial charge in [0.1, 0.15) is 11.5 Å². The van der Waals surface area contributed by atoms with Crippen LogP contribution < -0.4 is 10.7 Å². The molecule has 3 rings (SSSR count). The molecule has 0 saturated carbocycles. The zero-order chi connectivity index (χ0) is 21.7. The van der Waals surface area contributed by atoms with Crippen LogP contribution in [0.15, 0.2) is 64.1 Å². The van der Waals surface area contributed by atoms with Crippen LogP contribution in [-0.4, -0.2) is 23.0 Å². The minimum absolute atomic E-state index is 0.0544. The molecule has 1 aromatic heterocycles. The number of furan rings is 1. The van der Waals surface area contributed by atoms with E-state index in [0.717, 1.165) is 11.1 Å². The van der Waals surface area contributed by atoms with Gasteiger partial charge in [-0.1, -0.05) is 24.3 Å². The number of anilines is 1. The van der Waals surface area contributed by atoms with Gasteiger partial charge in [0.2, 0.25) is 0 Å². The summed E-state index contributed by atoms with van der Waals surface area (Å²) in [5.74, 6) is -1.08. The van der Waals surface area contributed by atoms with Crippen LogP contribution in [0.1, 0.15) is 16.9 Å². The van der Waals surface area contributed by atoms with Gasteiger partial charge in [-0.15, -0.1) is 0 Å². The number of carbonyl (C=O) groups is 2. The first-order valence-electron chi connectivity index (χ1n) is 8.90. The normalized spacial score (nSPS) is 10.7. The number of rotatable bonds is 5. The highest BCUT2D eigenvalue weighted by Crippen LogP contribution is 2.25. The lowest BCUT2D eigenvalue weighted by atomic mass is 10.1. The van der Waals surface area contributed by atoms with Gasteiger partial charge in [-0.2, -0.15) is 5.10 Å². The van der Waals surface area contributed by atoms with E-state index in [0.29, 0.717) is 22.8 Å². The Morgan fingerprint density at radius 1 is 1.07 bits per heavy atom. The number of amides is 2. The van der Waals surface area contributed by atoms with E-state index >= 15 is 0 Å². The summed E-state index contributed by atoms with van der Waals surface area (Å²) in [5, 5.41) is 17.1. The topological polar surface area (TPSA) is 127 Å². The number of carbonyl (C=O) groups excluding carboxylic acids is 2. The number of hydrazone groups is 1. The van der Waals surface area contributed by atoms with Crippen LogP contribution >= 0.6 is 0 Å². The Morgan fingerprint density at radius 3 is 2.63 bits per heavy atom. The van der Waals surface area contributed by atoms with Crippen molar-refractivity contribution in [2.75, 3.05) is 5.32 Å². The van der Waals surface area contributed by atoms with E-state index in [-0.39, 0.29) is 5.69 Å². The highest BCUT2D eigenvalue weighted by atomic mass is 16.6. The number of hydrogen-bond donors (Lipinski definition) is 2. The number of benzene rings is 2. The second-order valence-corrected chi connectivity index (χ2v) is 6.48. The summed E-state index contributed by atoms with van der Waals surface area (Å²) >= 11 is 0. The lowest BCUT2D eigenvalue weighted by Gasteiger charge is -2.08. The van der Waals surface area contributed by atoms with Crippen LogP contribution in [0.5, 0.6) is 0 Å². The molecular weight excluding hydrogens is 388 g/mol. The number of nitrogens with zero attached hydrogens (tertiary/aromatic N) is 2. The molecule has 0 unspecified atom stereocenters. The average molecular weight is 406 g/mol. The molecule has 3 aromatic rings. The van der Waals surface area contributed by atoms with Crippen LogP contribution in [0.3, 0.4) is 0 Å². The molecule has 30 heavy (non-hydrogen) atoms. The smallest absolute Gasteiger partial charge is 0.329 e. The van der Waals surface area contributed by atoms with Crippen molar-refractivity contribution in [3.63, 3.8) is 0 Å². The van der Waals surface area contributed by atoms with Gasteiger partial charge in [0.15, 0.2) is 0 Å². The summed E-state index contributed by atoms with van der Waals surface area (Å²) < 4.78 is 5.55. The Hall–Kier alpha value is -4.27. The molecule has 0 spiro atoms. The SMILES string of the molecule is Cc1ccc(C)c(NC(=O)C(=O)NN=Cc2ccc(-c3cccc([N+](=O)[O-])c3)o2)c1. The van der Waals surface area contributed by atoms with E-state index in [1.165, 1.54) is 18.3 Å². The molecule has 2 aromatic carbocycles.